The first-order valence-corrected chi connectivity index (χ1v) is 11.3. The monoisotopic (exact) mass is 432 g/mol. The molecule has 1 saturated carbocycles. The highest BCUT2D eigenvalue weighted by molar-refractivity contribution is 5.55. The van der Waals surface area contributed by atoms with E-state index < -0.39 is 5.54 Å². The van der Waals surface area contributed by atoms with Crippen molar-refractivity contribution in [1.29, 1.82) is 0 Å². The molecular formula is C25H32N6O. The van der Waals surface area contributed by atoms with Gasteiger partial charge in [-0.2, -0.15) is 4.68 Å². The summed E-state index contributed by atoms with van der Waals surface area (Å²) >= 11 is 0. The van der Waals surface area contributed by atoms with Crippen molar-refractivity contribution in [2.45, 2.75) is 65.8 Å². The lowest BCUT2D eigenvalue weighted by atomic mass is 9.66. The van der Waals surface area contributed by atoms with Gasteiger partial charge in [0.05, 0.1) is 16.7 Å². The Morgan fingerprint density at radius 1 is 1.00 bits per heavy atom. The molecule has 0 bridgehead atoms. The van der Waals surface area contributed by atoms with Crippen molar-refractivity contribution < 1.29 is 0 Å². The van der Waals surface area contributed by atoms with E-state index in [1.165, 1.54) is 0 Å². The van der Waals surface area contributed by atoms with Crippen molar-refractivity contribution in [2.24, 2.45) is 16.6 Å². The molecule has 168 valence electrons. The smallest absolute Gasteiger partial charge is 0.184 e. The van der Waals surface area contributed by atoms with Crippen LogP contribution in [0.25, 0.3) is 5.69 Å². The Labute approximate surface area is 189 Å². The van der Waals surface area contributed by atoms with Crippen molar-refractivity contribution in [3.63, 3.8) is 0 Å². The number of para-hydroxylation sites is 2. The standard InChI is InChI=1S/C25H32N6O/c1-18-10-6-8-12-21(18)30-23(26-27-28-30)25(16-14-20(15-17-25)24(3,4)5)31(29-32)22-13-9-7-11-19(22)2/h6-13,20H,14-17H2,1-5H3. The van der Waals surface area contributed by atoms with Gasteiger partial charge in [0.15, 0.2) is 5.82 Å². The summed E-state index contributed by atoms with van der Waals surface area (Å²) in [5, 5.41) is 18.1. The summed E-state index contributed by atoms with van der Waals surface area (Å²) in [5.74, 6) is 1.23. The van der Waals surface area contributed by atoms with Gasteiger partial charge in [-0.15, -0.1) is 10.0 Å². The van der Waals surface area contributed by atoms with Crippen molar-refractivity contribution >= 4 is 5.69 Å². The fourth-order valence-corrected chi connectivity index (χ4v) is 5.09. The lowest BCUT2D eigenvalue weighted by Crippen LogP contribution is -2.49. The van der Waals surface area contributed by atoms with E-state index in [9.17, 15) is 4.91 Å². The first-order valence-electron chi connectivity index (χ1n) is 11.3. The first kappa shape index (κ1) is 22.1. The second-order valence-electron chi connectivity index (χ2n) is 10.1. The summed E-state index contributed by atoms with van der Waals surface area (Å²) in [6.07, 6.45) is 3.45. The van der Waals surface area contributed by atoms with Crippen molar-refractivity contribution in [1.82, 2.24) is 20.2 Å². The number of aromatic nitrogens is 4. The molecule has 1 fully saturated rings. The van der Waals surface area contributed by atoms with Gasteiger partial charge >= 0.3 is 0 Å². The molecule has 0 N–H and O–H groups in total. The number of hydrogen-bond donors (Lipinski definition) is 0. The molecule has 1 aliphatic rings. The van der Waals surface area contributed by atoms with Crippen molar-refractivity contribution in [3.05, 3.63) is 70.4 Å². The van der Waals surface area contributed by atoms with E-state index in [1.807, 2.05) is 62.4 Å². The molecule has 1 aliphatic carbocycles. The Bertz CT molecular complexity index is 1090. The van der Waals surface area contributed by atoms with Gasteiger partial charge in [0.25, 0.3) is 0 Å². The normalized spacial score (nSPS) is 21.3. The zero-order chi connectivity index (χ0) is 22.9. The second kappa shape index (κ2) is 8.45. The molecule has 1 aromatic heterocycles. The van der Waals surface area contributed by atoms with Crippen LogP contribution >= 0.6 is 0 Å². The fraction of sp³-hybridized carbons (Fsp3) is 0.480. The van der Waals surface area contributed by atoms with Gasteiger partial charge in [-0.1, -0.05) is 57.2 Å². The Morgan fingerprint density at radius 2 is 1.62 bits per heavy atom. The van der Waals surface area contributed by atoms with Gasteiger partial charge in [0.1, 0.15) is 5.54 Å². The van der Waals surface area contributed by atoms with Crippen LogP contribution in [0.3, 0.4) is 0 Å². The summed E-state index contributed by atoms with van der Waals surface area (Å²) in [6, 6.07) is 15.9. The van der Waals surface area contributed by atoms with Crippen LogP contribution in [0.2, 0.25) is 0 Å². The molecule has 1 heterocycles. The molecule has 7 nitrogen and oxygen atoms in total. The third-order valence-electron chi connectivity index (χ3n) is 7.10. The maximum absolute atomic E-state index is 12.4. The number of nitroso groups, excluding NO2 is 1. The number of anilines is 1. The van der Waals surface area contributed by atoms with Gasteiger partial charge in [0, 0.05) is 0 Å². The van der Waals surface area contributed by atoms with Crippen LogP contribution in [0.5, 0.6) is 0 Å². The number of tetrazole rings is 1. The summed E-state index contributed by atoms with van der Waals surface area (Å²) in [4.78, 5) is 12.4. The quantitative estimate of drug-likeness (QED) is 0.371. The largest absolute Gasteiger partial charge is 0.215 e. The van der Waals surface area contributed by atoms with Crippen LogP contribution in [0.1, 0.15) is 63.4 Å². The minimum atomic E-state index is -0.721. The molecule has 0 atom stereocenters. The number of aryl methyl sites for hydroxylation is 2. The average Bonchev–Trinajstić information content (AvgIpc) is 3.26. The Hall–Kier alpha value is -3.09. The third kappa shape index (κ3) is 3.80. The van der Waals surface area contributed by atoms with Crippen LogP contribution in [-0.4, -0.2) is 20.2 Å². The Kier molecular flexibility index (Phi) is 5.84. The van der Waals surface area contributed by atoms with Gasteiger partial charge in [0.2, 0.25) is 0 Å². The maximum Gasteiger partial charge on any atom is 0.184 e. The summed E-state index contributed by atoms with van der Waals surface area (Å²) in [5.41, 5.74) is 3.27. The SMILES string of the molecule is Cc1ccccc1N(N=O)C1(c2nnnn2-c2ccccc2C)CCC(C(C)(C)C)CC1. The number of rotatable bonds is 5. The third-order valence-corrected chi connectivity index (χ3v) is 7.10. The van der Waals surface area contributed by atoms with Crippen LogP contribution < -0.4 is 5.01 Å². The molecule has 0 unspecified atom stereocenters. The molecule has 7 heteroatoms. The molecule has 0 saturated heterocycles. The summed E-state index contributed by atoms with van der Waals surface area (Å²) in [6.45, 7) is 10.9. The minimum Gasteiger partial charge on any atom is -0.215 e. The zero-order valence-corrected chi connectivity index (χ0v) is 19.6. The van der Waals surface area contributed by atoms with Crippen molar-refractivity contribution in [3.8, 4) is 5.69 Å². The molecule has 32 heavy (non-hydrogen) atoms. The molecule has 2 aromatic carbocycles. The molecule has 0 spiro atoms. The lowest BCUT2D eigenvalue weighted by molar-refractivity contribution is 0.123. The van der Waals surface area contributed by atoms with E-state index in [1.54, 1.807) is 9.69 Å². The molecule has 0 aliphatic heterocycles. The molecule has 0 amide bonds. The highest BCUT2D eigenvalue weighted by Gasteiger charge is 2.49. The Morgan fingerprint density at radius 3 is 2.22 bits per heavy atom. The van der Waals surface area contributed by atoms with Crippen molar-refractivity contribution in [2.75, 3.05) is 5.01 Å². The van der Waals surface area contributed by atoms with Crippen LogP contribution in [0.4, 0.5) is 5.69 Å². The van der Waals surface area contributed by atoms with E-state index in [0.29, 0.717) is 11.7 Å². The highest BCUT2D eigenvalue weighted by Crippen LogP contribution is 2.50. The summed E-state index contributed by atoms with van der Waals surface area (Å²) < 4.78 is 1.79. The number of hydrogen-bond acceptors (Lipinski definition) is 5. The van der Waals surface area contributed by atoms with Gasteiger partial charge in [-0.05, 0) is 84.6 Å². The van der Waals surface area contributed by atoms with E-state index in [-0.39, 0.29) is 5.41 Å². The van der Waals surface area contributed by atoms with Crippen LogP contribution in [0, 0.1) is 30.1 Å². The first-order chi connectivity index (χ1) is 15.3. The maximum atomic E-state index is 12.4. The van der Waals surface area contributed by atoms with Gasteiger partial charge < -0.3 is 0 Å². The molecule has 4 rings (SSSR count). The summed E-state index contributed by atoms with van der Waals surface area (Å²) in [7, 11) is 0. The average molecular weight is 433 g/mol. The molecular weight excluding hydrogens is 400 g/mol. The van der Waals surface area contributed by atoms with Crippen LogP contribution in [0.15, 0.2) is 53.8 Å². The van der Waals surface area contributed by atoms with Gasteiger partial charge in [-0.3, -0.25) is 0 Å². The fourth-order valence-electron chi connectivity index (χ4n) is 5.09. The predicted octanol–water partition coefficient (Wildman–Crippen LogP) is 5.90. The van der Waals surface area contributed by atoms with E-state index in [4.69, 9.17) is 0 Å². The highest BCUT2D eigenvalue weighted by atomic mass is 16.3. The number of nitrogens with zero attached hydrogens (tertiary/aromatic N) is 6. The topological polar surface area (TPSA) is 76.3 Å². The minimum absolute atomic E-state index is 0.205. The molecule has 3 aromatic rings. The lowest BCUT2D eigenvalue weighted by Gasteiger charge is -2.46. The second-order valence-corrected chi connectivity index (χ2v) is 10.1. The predicted molar refractivity (Wildman–Crippen MR) is 126 cm³/mol. The van der Waals surface area contributed by atoms with Crippen LogP contribution in [-0.2, 0) is 5.54 Å². The Balaban J connectivity index is 1.88. The molecule has 0 radical (unpaired) electrons. The van der Waals surface area contributed by atoms with E-state index in [2.05, 4.69) is 41.6 Å². The van der Waals surface area contributed by atoms with E-state index >= 15 is 0 Å². The zero-order valence-electron chi connectivity index (χ0n) is 19.6. The van der Waals surface area contributed by atoms with Gasteiger partial charge in [-0.25, -0.2) is 5.01 Å². The van der Waals surface area contributed by atoms with E-state index in [0.717, 1.165) is 48.2 Å². The number of benzene rings is 2.